The summed E-state index contributed by atoms with van der Waals surface area (Å²) in [4.78, 5) is 0. The first kappa shape index (κ1) is 17.0. The maximum absolute atomic E-state index is 2.36. The summed E-state index contributed by atoms with van der Waals surface area (Å²) in [6.07, 6.45) is 5.55. The molecule has 1 heterocycles. The molecule has 0 N–H and O–H groups in total. The SMILES string of the molecule is c1ccc(P(C[C@H]2CCCP2c2ccccc2)c2ccccc2)cc1. The van der Waals surface area contributed by atoms with Gasteiger partial charge in [-0.05, 0) is 54.7 Å². The average molecular weight is 362 g/mol. The lowest BCUT2D eigenvalue weighted by Gasteiger charge is -2.27. The van der Waals surface area contributed by atoms with E-state index in [0.717, 1.165) is 5.66 Å². The number of hydrogen-bond donors (Lipinski definition) is 0. The van der Waals surface area contributed by atoms with Crippen molar-refractivity contribution in [1.82, 2.24) is 0 Å². The van der Waals surface area contributed by atoms with Crippen molar-refractivity contribution in [3.8, 4) is 0 Å². The van der Waals surface area contributed by atoms with Crippen molar-refractivity contribution < 1.29 is 0 Å². The van der Waals surface area contributed by atoms with Crippen molar-refractivity contribution in [2.45, 2.75) is 18.5 Å². The molecule has 1 aliphatic rings. The molecule has 0 aliphatic carbocycles. The van der Waals surface area contributed by atoms with Gasteiger partial charge in [0.05, 0.1) is 0 Å². The molecule has 4 rings (SSSR count). The van der Waals surface area contributed by atoms with Crippen LogP contribution in [0.25, 0.3) is 0 Å². The highest BCUT2D eigenvalue weighted by atomic mass is 31.1. The lowest BCUT2D eigenvalue weighted by Crippen LogP contribution is -2.21. The van der Waals surface area contributed by atoms with E-state index in [1.807, 2.05) is 0 Å². The lowest BCUT2D eigenvalue weighted by atomic mass is 10.3. The minimum atomic E-state index is -0.263. The molecule has 0 radical (unpaired) electrons. The molecule has 1 fully saturated rings. The Morgan fingerprint density at radius 2 is 1.24 bits per heavy atom. The summed E-state index contributed by atoms with van der Waals surface area (Å²) in [6, 6.07) is 33.7. The van der Waals surface area contributed by atoms with Crippen molar-refractivity contribution >= 4 is 31.8 Å². The van der Waals surface area contributed by atoms with Gasteiger partial charge in [0, 0.05) is 0 Å². The van der Waals surface area contributed by atoms with Gasteiger partial charge in [-0.25, -0.2) is 0 Å². The molecule has 0 nitrogen and oxygen atoms in total. The smallest absolute Gasteiger partial charge is 0.0123 e. The van der Waals surface area contributed by atoms with Crippen molar-refractivity contribution in [3.05, 3.63) is 91.0 Å². The third-order valence-corrected chi connectivity index (χ3v) is 11.0. The standard InChI is InChI=1S/C23H24P2/c1-4-11-20(12-5-1)24-18-10-17-23(24)19-25(21-13-6-2-7-14-21)22-15-8-3-9-16-22/h1-9,11-16,23H,10,17-19H2/t23-,24?/m1/s1. The van der Waals surface area contributed by atoms with Gasteiger partial charge in [0.15, 0.2) is 0 Å². The van der Waals surface area contributed by atoms with Crippen LogP contribution >= 0.6 is 15.8 Å². The second kappa shape index (κ2) is 8.27. The van der Waals surface area contributed by atoms with Gasteiger partial charge in [-0.3, -0.25) is 0 Å². The molecule has 0 aromatic heterocycles. The summed E-state index contributed by atoms with van der Waals surface area (Å²) >= 11 is 0. The van der Waals surface area contributed by atoms with Crippen molar-refractivity contribution in [2.75, 3.05) is 12.3 Å². The van der Waals surface area contributed by atoms with Crippen LogP contribution in [-0.2, 0) is 0 Å². The Balaban J connectivity index is 1.62. The molecule has 0 saturated carbocycles. The van der Waals surface area contributed by atoms with Crippen LogP contribution in [-0.4, -0.2) is 18.0 Å². The van der Waals surface area contributed by atoms with E-state index in [1.165, 1.54) is 35.8 Å². The van der Waals surface area contributed by atoms with Crippen LogP contribution in [0.5, 0.6) is 0 Å². The van der Waals surface area contributed by atoms with E-state index in [4.69, 9.17) is 0 Å². The summed E-state index contributed by atoms with van der Waals surface area (Å²) in [7, 11) is -0.263. The highest BCUT2D eigenvalue weighted by Crippen LogP contribution is 2.53. The monoisotopic (exact) mass is 362 g/mol. The molecule has 3 aromatic rings. The van der Waals surface area contributed by atoms with Crippen LogP contribution in [0.15, 0.2) is 91.0 Å². The Labute approximate surface area is 153 Å². The fraction of sp³-hybridized carbons (Fsp3) is 0.217. The van der Waals surface area contributed by atoms with E-state index in [1.54, 1.807) is 5.30 Å². The Morgan fingerprint density at radius 3 is 1.80 bits per heavy atom. The molecular weight excluding hydrogens is 338 g/mol. The normalized spacial score (nSPS) is 20.0. The second-order valence-corrected chi connectivity index (χ2v) is 11.5. The van der Waals surface area contributed by atoms with Gasteiger partial charge in [-0.1, -0.05) is 98.9 Å². The first-order chi connectivity index (χ1) is 12.4. The topological polar surface area (TPSA) is 0 Å². The third-order valence-electron chi connectivity index (χ3n) is 4.99. The average Bonchev–Trinajstić information content (AvgIpc) is 3.16. The molecule has 0 bridgehead atoms. The quantitative estimate of drug-likeness (QED) is 0.555. The fourth-order valence-corrected chi connectivity index (χ4v) is 10.1. The second-order valence-electron chi connectivity index (χ2n) is 6.61. The predicted octanol–water partition coefficient (Wildman–Crippen LogP) is 5.09. The molecule has 1 saturated heterocycles. The molecule has 126 valence electrons. The van der Waals surface area contributed by atoms with Crippen molar-refractivity contribution in [1.29, 1.82) is 0 Å². The number of benzene rings is 3. The molecule has 1 aliphatic heterocycles. The molecule has 0 spiro atoms. The van der Waals surface area contributed by atoms with E-state index in [-0.39, 0.29) is 15.8 Å². The van der Waals surface area contributed by atoms with Gasteiger partial charge in [0.2, 0.25) is 0 Å². The molecule has 0 amide bonds. The zero-order valence-corrected chi connectivity index (χ0v) is 16.2. The van der Waals surface area contributed by atoms with Gasteiger partial charge in [-0.15, -0.1) is 0 Å². The zero-order chi connectivity index (χ0) is 16.9. The van der Waals surface area contributed by atoms with Crippen LogP contribution in [0.2, 0.25) is 0 Å². The maximum atomic E-state index is 2.36. The van der Waals surface area contributed by atoms with Gasteiger partial charge >= 0.3 is 0 Å². The Bertz CT molecular complexity index is 731. The summed E-state index contributed by atoms with van der Waals surface area (Å²) < 4.78 is 0. The maximum Gasteiger partial charge on any atom is -0.0123 e. The van der Waals surface area contributed by atoms with E-state index in [9.17, 15) is 0 Å². The van der Waals surface area contributed by atoms with E-state index >= 15 is 0 Å². The van der Waals surface area contributed by atoms with Crippen molar-refractivity contribution in [3.63, 3.8) is 0 Å². The van der Waals surface area contributed by atoms with Crippen LogP contribution in [0.1, 0.15) is 12.8 Å². The summed E-state index contributed by atoms with van der Waals surface area (Å²) in [5.41, 5.74) is 0.865. The molecule has 1 unspecified atom stereocenters. The zero-order valence-electron chi connectivity index (χ0n) is 14.5. The fourth-order valence-electron chi connectivity index (χ4n) is 3.77. The van der Waals surface area contributed by atoms with E-state index in [0.29, 0.717) is 0 Å². The molecular formula is C23H24P2. The van der Waals surface area contributed by atoms with Gasteiger partial charge in [0.25, 0.3) is 0 Å². The minimum Gasteiger partial charge on any atom is -0.0718 e. The summed E-state index contributed by atoms with van der Waals surface area (Å²) in [5.74, 6) is 0. The van der Waals surface area contributed by atoms with Gasteiger partial charge in [0.1, 0.15) is 0 Å². The highest BCUT2D eigenvalue weighted by molar-refractivity contribution is 7.74. The van der Waals surface area contributed by atoms with Crippen molar-refractivity contribution in [2.24, 2.45) is 0 Å². The van der Waals surface area contributed by atoms with Crippen LogP contribution in [0.4, 0.5) is 0 Å². The Hall–Kier alpha value is -1.48. The summed E-state index contributed by atoms with van der Waals surface area (Å²) in [6.45, 7) is 0. The Kier molecular flexibility index (Phi) is 5.61. The minimum absolute atomic E-state index is 0.000694. The predicted molar refractivity (Wildman–Crippen MR) is 115 cm³/mol. The van der Waals surface area contributed by atoms with Crippen LogP contribution in [0, 0.1) is 0 Å². The van der Waals surface area contributed by atoms with Gasteiger partial charge in [-0.2, -0.15) is 0 Å². The molecule has 25 heavy (non-hydrogen) atoms. The van der Waals surface area contributed by atoms with E-state index < -0.39 is 0 Å². The first-order valence-electron chi connectivity index (χ1n) is 9.11. The lowest BCUT2D eigenvalue weighted by molar-refractivity contribution is 0.841. The summed E-state index contributed by atoms with van der Waals surface area (Å²) in [5, 5.41) is 4.66. The first-order valence-corrected chi connectivity index (χ1v) is 12.2. The molecule has 2 atom stereocenters. The number of hydrogen-bond acceptors (Lipinski definition) is 0. The van der Waals surface area contributed by atoms with Crippen LogP contribution < -0.4 is 15.9 Å². The molecule has 2 heteroatoms. The van der Waals surface area contributed by atoms with E-state index in [2.05, 4.69) is 91.0 Å². The largest absolute Gasteiger partial charge is 0.0718 e. The molecule has 3 aromatic carbocycles. The highest BCUT2D eigenvalue weighted by Gasteiger charge is 2.31. The Morgan fingerprint density at radius 1 is 0.720 bits per heavy atom. The van der Waals surface area contributed by atoms with Crippen LogP contribution in [0.3, 0.4) is 0 Å². The third kappa shape index (κ3) is 4.03. The number of rotatable bonds is 5. The van der Waals surface area contributed by atoms with Gasteiger partial charge < -0.3 is 0 Å².